The number of ether oxygens (including phenoxy) is 1. The van der Waals surface area contributed by atoms with Gasteiger partial charge in [-0.05, 0) is 65.6 Å². The number of nitrogens with zero attached hydrogens (tertiary/aromatic N) is 4. The van der Waals surface area contributed by atoms with E-state index in [9.17, 15) is 9.59 Å². The highest BCUT2D eigenvalue weighted by Crippen LogP contribution is 2.26. The van der Waals surface area contributed by atoms with Gasteiger partial charge in [0.2, 0.25) is 0 Å². The second-order valence-electron chi connectivity index (χ2n) is 6.73. The maximum atomic E-state index is 12.5. The first kappa shape index (κ1) is 20.2. The summed E-state index contributed by atoms with van der Waals surface area (Å²) in [5, 5.41) is 13.8. The van der Waals surface area contributed by atoms with Crippen molar-refractivity contribution in [3.63, 3.8) is 0 Å². The fourth-order valence-electron chi connectivity index (χ4n) is 2.81. The third kappa shape index (κ3) is 4.84. The molecule has 0 spiro atoms. The number of rotatable bonds is 7. The van der Waals surface area contributed by atoms with Crippen molar-refractivity contribution in [1.29, 1.82) is 0 Å². The predicted octanol–water partition coefficient (Wildman–Crippen LogP) is 3.36. The maximum absolute atomic E-state index is 12.5. The van der Waals surface area contributed by atoms with E-state index in [1.165, 1.54) is 11.0 Å². The lowest BCUT2D eigenvalue weighted by molar-refractivity contribution is -0.123. The lowest BCUT2D eigenvalue weighted by atomic mass is 9.97. The molecule has 8 heteroatoms. The van der Waals surface area contributed by atoms with Gasteiger partial charge in [-0.25, -0.2) is 9.48 Å². The number of hydrogen-bond acceptors (Lipinski definition) is 6. The number of hydrogen-bond donors (Lipinski definition) is 1. The van der Waals surface area contributed by atoms with Crippen LogP contribution < -0.4 is 5.32 Å². The van der Waals surface area contributed by atoms with Crippen molar-refractivity contribution in [2.24, 2.45) is 0 Å². The molecule has 29 heavy (non-hydrogen) atoms. The van der Waals surface area contributed by atoms with Crippen LogP contribution in [0.5, 0.6) is 0 Å². The largest absolute Gasteiger partial charge is 0.449 e. The van der Waals surface area contributed by atoms with Crippen molar-refractivity contribution >= 4 is 17.6 Å². The van der Waals surface area contributed by atoms with Gasteiger partial charge in [-0.2, -0.15) is 0 Å². The second kappa shape index (κ2) is 9.09. The van der Waals surface area contributed by atoms with Gasteiger partial charge >= 0.3 is 5.97 Å². The van der Waals surface area contributed by atoms with Crippen LogP contribution in [0.25, 0.3) is 5.69 Å². The molecule has 2 atom stereocenters. The summed E-state index contributed by atoms with van der Waals surface area (Å²) in [6, 6.07) is 14.2. The quantitative estimate of drug-likeness (QED) is 0.618. The van der Waals surface area contributed by atoms with E-state index in [2.05, 4.69) is 34.7 Å². The average molecular weight is 393 g/mol. The molecular formula is C21H23N5O3. The van der Waals surface area contributed by atoms with E-state index < -0.39 is 12.1 Å². The number of amides is 1. The molecule has 1 N–H and O–H groups in total. The number of tetrazole rings is 1. The first-order valence-electron chi connectivity index (χ1n) is 9.43. The Bertz CT molecular complexity index is 970. The highest BCUT2D eigenvalue weighted by atomic mass is 16.5. The maximum Gasteiger partial charge on any atom is 0.338 e. The minimum atomic E-state index is -0.938. The fraction of sp³-hybridized carbons (Fsp3) is 0.286. The van der Waals surface area contributed by atoms with Gasteiger partial charge in [0, 0.05) is 5.69 Å². The van der Waals surface area contributed by atoms with Crippen LogP contribution in [0.4, 0.5) is 5.69 Å². The number of benzene rings is 2. The zero-order valence-corrected chi connectivity index (χ0v) is 16.6. The molecule has 0 radical (unpaired) electrons. The molecule has 0 fully saturated rings. The van der Waals surface area contributed by atoms with Gasteiger partial charge in [-0.3, -0.25) is 4.79 Å². The fourth-order valence-corrected chi connectivity index (χ4v) is 2.81. The van der Waals surface area contributed by atoms with Gasteiger partial charge in [-0.15, -0.1) is 5.10 Å². The van der Waals surface area contributed by atoms with Gasteiger partial charge in [-0.1, -0.05) is 32.0 Å². The molecule has 3 aromatic rings. The van der Waals surface area contributed by atoms with Crippen LogP contribution in [0.15, 0.2) is 54.9 Å². The van der Waals surface area contributed by atoms with Crippen molar-refractivity contribution in [2.45, 2.75) is 39.2 Å². The summed E-state index contributed by atoms with van der Waals surface area (Å²) in [5.41, 5.74) is 2.83. The number of nitrogens with one attached hydrogen (secondary N) is 1. The first-order valence-corrected chi connectivity index (χ1v) is 9.43. The predicted molar refractivity (Wildman–Crippen MR) is 108 cm³/mol. The Labute approximate surface area is 168 Å². The molecule has 0 aliphatic carbocycles. The Kier molecular flexibility index (Phi) is 6.33. The van der Waals surface area contributed by atoms with Gasteiger partial charge in [0.25, 0.3) is 5.91 Å². The lowest BCUT2D eigenvalue weighted by Crippen LogP contribution is -2.30. The third-order valence-corrected chi connectivity index (χ3v) is 4.73. The summed E-state index contributed by atoms with van der Waals surface area (Å²) in [4.78, 5) is 24.9. The SMILES string of the molecule is CCC(C)c1ccccc1NC(=O)C(C)OC(=O)c1ccc(-n2cnnn2)cc1. The van der Waals surface area contributed by atoms with E-state index >= 15 is 0 Å². The molecule has 150 valence electrons. The number of para-hydroxylation sites is 1. The van der Waals surface area contributed by atoms with Crippen LogP contribution >= 0.6 is 0 Å². The molecule has 1 amide bonds. The minimum absolute atomic E-state index is 0.308. The van der Waals surface area contributed by atoms with E-state index in [0.717, 1.165) is 17.7 Å². The number of esters is 1. The smallest absolute Gasteiger partial charge is 0.338 e. The van der Waals surface area contributed by atoms with E-state index in [1.807, 2.05) is 24.3 Å². The van der Waals surface area contributed by atoms with Crippen molar-refractivity contribution in [1.82, 2.24) is 20.2 Å². The summed E-state index contributed by atoms with van der Waals surface area (Å²) in [7, 11) is 0. The van der Waals surface area contributed by atoms with Crippen LogP contribution in [0.2, 0.25) is 0 Å². The summed E-state index contributed by atoms with van der Waals surface area (Å²) in [6.45, 7) is 5.75. The van der Waals surface area contributed by atoms with Gasteiger partial charge in [0.1, 0.15) is 6.33 Å². The van der Waals surface area contributed by atoms with Crippen LogP contribution in [0, 0.1) is 0 Å². The summed E-state index contributed by atoms with van der Waals surface area (Å²) < 4.78 is 6.80. The molecule has 0 bridgehead atoms. The van der Waals surface area contributed by atoms with Crippen LogP contribution in [-0.4, -0.2) is 38.2 Å². The monoisotopic (exact) mass is 393 g/mol. The van der Waals surface area contributed by atoms with Crippen LogP contribution in [-0.2, 0) is 9.53 Å². The number of carbonyl (C=O) groups excluding carboxylic acids is 2. The van der Waals surface area contributed by atoms with Gasteiger partial charge in [0.05, 0.1) is 11.3 Å². The normalized spacial score (nSPS) is 12.8. The van der Waals surface area contributed by atoms with E-state index in [4.69, 9.17) is 4.74 Å². The molecule has 2 aromatic carbocycles. The van der Waals surface area contributed by atoms with Crippen LogP contribution in [0.1, 0.15) is 49.0 Å². The minimum Gasteiger partial charge on any atom is -0.449 e. The average Bonchev–Trinajstić information content (AvgIpc) is 3.28. The first-order chi connectivity index (χ1) is 14.0. The molecule has 3 rings (SSSR count). The van der Waals surface area contributed by atoms with E-state index in [0.29, 0.717) is 17.2 Å². The number of carbonyl (C=O) groups is 2. The zero-order chi connectivity index (χ0) is 20.8. The highest BCUT2D eigenvalue weighted by molar-refractivity contribution is 5.97. The van der Waals surface area contributed by atoms with E-state index in [1.54, 1.807) is 31.2 Å². The van der Waals surface area contributed by atoms with Crippen molar-refractivity contribution in [2.75, 3.05) is 5.32 Å². The third-order valence-electron chi connectivity index (χ3n) is 4.73. The van der Waals surface area contributed by atoms with Crippen molar-refractivity contribution in [3.8, 4) is 5.69 Å². The Morgan fingerprint density at radius 3 is 2.48 bits per heavy atom. The van der Waals surface area contributed by atoms with Crippen molar-refractivity contribution < 1.29 is 14.3 Å². The second-order valence-corrected chi connectivity index (χ2v) is 6.73. The molecule has 0 saturated carbocycles. The summed E-state index contributed by atoms with van der Waals surface area (Å²) in [5.74, 6) is -0.645. The summed E-state index contributed by atoms with van der Waals surface area (Å²) in [6.07, 6.45) is 1.47. The molecule has 2 unspecified atom stereocenters. The lowest BCUT2D eigenvalue weighted by Gasteiger charge is -2.18. The van der Waals surface area contributed by atoms with Gasteiger partial charge < -0.3 is 10.1 Å². The molecule has 1 aromatic heterocycles. The Balaban J connectivity index is 1.63. The van der Waals surface area contributed by atoms with Crippen molar-refractivity contribution in [3.05, 3.63) is 66.0 Å². The Morgan fingerprint density at radius 2 is 1.83 bits per heavy atom. The van der Waals surface area contributed by atoms with E-state index in [-0.39, 0.29) is 5.91 Å². The van der Waals surface area contributed by atoms with Crippen LogP contribution in [0.3, 0.4) is 0 Å². The zero-order valence-electron chi connectivity index (χ0n) is 16.6. The molecule has 1 heterocycles. The molecular weight excluding hydrogens is 370 g/mol. The number of anilines is 1. The molecule has 0 aliphatic rings. The standard InChI is InChI=1S/C21H23N5O3/c1-4-14(2)18-7-5-6-8-19(18)23-20(27)15(3)29-21(28)16-9-11-17(12-10-16)26-13-22-24-25-26/h5-15H,4H2,1-3H3,(H,23,27). The number of aromatic nitrogens is 4. The summed E-state index contributed by atoms with van der Waals surface area (Å²) >= 11 is 0. The highest BCUT2D eigenvalue weighted by Gasteiger charge is 2.20. The molecule has 0 saturated heterocycles. The Morgan fingerprint density at radius 1 is 1.10 bits per heavy atom. The topological polar surface area (TPSA) is 99.0 Å². The molecule has 0 aliphatic heterocycles. The molecule has 8 nitrogen and oxygen atoms in total. The Hall–Kier alpha value is -3.55. The van der Waals surface area contributed by atoms with Gasteiger partial charge in [0.15, 0.2) is 6.10 Å².